The van der Waals surface area contributed by atoms with Crippen molar-refractivity contribution in [2.24, 2.45) is 5.92 Å². The third-order valence-electron chi connectivity index (χ3n) is 3.89. The van der Waals surface area contributed by atoms with Crippen LogP contribution in [0.25, 0.3) is 0 Å². The number of esters is 1. The van der Waals surface area contributed by atoms with Gasteiger partial charge in [-0.15, -0.1) is 0 Å². The van der Waals surface area contributed by atoms with Crippen molar-refractivity contribution in [3.8, 4) is 0 Å². The average molecular weight is 290 g/mol. The highest BCUT2D eigenvalue weighted by molar-refractivity contribution is 7.88. The van der Waals surface area contributed by atoms with Crippen LogP contribution in [0.3, 0.4) is 0 Å². The molecule has 2 rings (SSSR count). The van der Waals surface area contributed by atoms with E-state index in [1.807, 2.05) is 0 Å². The van der Waals surface area contributed by atoms with Gasteiger partial charge in [-0.2, -0.15) is 0 Å². The van der Waals surface area contributed by atoms with Crippen molar-refractivity contribution in [2.45, 2.75) is 37.8 Å². The van der Waals surface area contributed by atoms with Gasteiger partial charge in [0.2, 0.25) is 10.0 Å². The summed E-state index contributed by atoms with van der Waals surface area (Å²) in [5.41, 5.74) is 0. The Morgan fingerprint density at radius 3 is 2.26 bits per heavy atom. The van der Waals surface area contributed by atoms with Crippen molar-refractivity contribution in [3.63, 3.8) is 0 Å². The standard InChI is InChI=1S/C12H22N2O4S/c1-18-12(15)11(9-3-4-9)13-10-5-7-14(8-6-10)19(2,16)17/h9-11,13H,3-8H2,1-2H3. The van der Waals surface area contributed by atoms with Gasteiger partial charge < -0.3 is 10.1 Å². The summed E-state index contributed by atoms with van der Waals surface area (Å²) in [4.78, 5) is 11.7. The molecular weight excluding hydrogens is 268 g/mol. The van der Waals surface area contributed by atoms with Crippen LogP contribution in [0.5, 0.6) is 0 Å². The van der Waals surface area contributed by atoms with Crippen LogP contribution >= 0.6 is 0 Å². The number of nitrogens with zero attached hydrogens (tertiary/aromatic N) is 1. The maximum Gasteiger partial charge on any atom is 0.323 e. The Morgan fingerprint density at radius 1 is 1.26 bits per heavy atom. The maximum atomic E-state index is 11.7. The first-order valence-corrected chi connectivity index (χ1v) is 8.55. The molecule has 1 aliphatic heterocycles. The van der Waals surface area contributed by atoms with Gasteiger partial charge in [0, 0.05) is 19.1 Å². The summed E-state index contributed by atoms with van der Waals surface area (Å²) in [7, 11) is -1.68. The monoisotopic (exact) mass is 290 g/mol. The quantitative estimate of drug-likeness (QED) is 0.719. The normalized spacial score (nSPS) is 24.1. The molecule has 1 aliphatic carbocycles. The first-order chi connectivity index (χ1) is 8.91. The van der Waals surface area contributed by atoms with E-state index in [1.165, 1.54) is 17.7 Å². The van der Waals surface area contributed by atoms with E-state index >= 15 is 0 Å². The van der Waals surface area contributed by atoms with Crippen LogP contribution in [0.15, 0.2) is 0 Å². The lowest BCUT2D eigenvalue weighted by Crippen LogP contribution is -2.50. The molecule has 1 N–H and O–H groups in total. The van der Waals surface area contributed by atoms with E-state index in [4.69, 9.17) is 4.74 Å². The van der Waals surface area contributed by atoms with E-state index in [0.29, 0.717) is 19.0 Å². The number of sulfonamides is 1. The summed E-state index contributed by atoms with van der Waals surface area (Å²) in [5.74, 6) is 0.188. The Morgan fingerprint density at radius 2 is 1.84 bits per heavy atom. The van der Waals surface area contributed by atoms with Crippen LogP contribution in [0.1, 0.15) is 25.7 Å². The molecule has 6 nitrogen and oxygen atoms in total. The molecule has 2 aliphatic rings. The van der Waals surface area contributed by atoms with Crippen LogP contribution in [0.2, 0.25) is 0 Å². The van der Waals surface area contributed by atoms with Crippen molar-refractivity contribution in [1.82, 2.24) is 9.62 Å². The minimum absolute atomic E-state index is 0.197. The van der Waals surface area contributed by atoms with E-state index in [1.54, 1.807) is 0 Å². The van der Waals surface area contributed by atoms with Crippen molar-refractivity contribution in [1.29, 1.82) is 0 Å². The smallest absolute Gasteiger partial charge is 0.323 e. The highest BCUT2D eigenvalue weighted by Gasteiger charge is 2.38. The number of methoxy groups -OCH3 is 1. The fourth-order valence-electron chi connectivity index (χ4n) is 2.56. The Labute approximate surface area is 114 Å². The highest BCUT2D eigenvalue weighted by Crippen LogP contribution is 2.33. The lowest BCUT2D eigenvalue weighted by molar-refractivity contribution is -0.144. The zero-order valence-electron chi connectivity index (χ0n) is 11.5. The second-order valence-electron chi connectivity index (χ2n) is 5.44. The molecule has 19 heavy (non-hydrogen) atoms. The fourth-order valence-corrected chi connectivity index (χ4v) is 3.44. The minimum Gasteiger partial charge on any atom is -0.468 e. The molecule has 1 saturated heterocycles. The van der Waals surface area contributed by atoms with Gasteiger partial charge in [0.05, 0.1) is 13.4 Å². The van der Waals surface area contributed by atoms with Crippen LogP contribution in [-0.2, 0) is 19.6 Å². The molecule has 1 atom stereocenters. The number of piperidine rings is 1. The predicted octanol–water partition coefficient (Wildman–Crippen LogP) is -0.0484. The Bertz CT molecular complexity index is 425. The SMILES string of the molecule is COC(=O)C(NC1CCN(S(C)(=O)=O)CC1)C1CC1. The van der Waals surface area contributed by atoms with Crippen LogP contribution in [0, 0.1) is 5.92 Å². The second-order valence-corrected chi connectivity index (χ2v) is 7.42. The molecule has 7 heteroatoms. The Hall–Kier alpha value is -0.660. The van der Waals surface area contributed by atoms with Gasteiger partial charge in [-0.25, -0.2) is 12.7 Å². The van der Waals surface area contributed by atoms with Crippen molar-refractivity contribution in [3.05, 3.63) is 0 Å². The zero-order valence-corrected chi connectivity index (χ0v) is 12.3. The molecule has 2 fully saturated rings. The molecule has 0 amide bonds. The lowest BCUT2D eigenvalue weighted by atomic mass is 10.0. The molecule has 0 aromatic heterocycles. The molecule has 0 bridgehead atoms. The Balaban J connectivity index is 1.86. The third-order valence-corrected chi connectivity index (χ3v) is 5.19. The molecule has 1 saturated carbocycles. The maximum absolute atomic E-state index is 11.7. The Kier molecular flexibility index (Phi) is 4.47. The van der Waals surface area contributed by atoms with Gasteiger partial charge in [0.25, 0.3) is 0 Å². The summed E-state index contributed by atoms with van der Waals surface area (Å²) in [6.07, 6.45) is 4.85. The lowest BCUT2D eigenvalue weighted by Gasteiger charge is -2.32. The summed E-state index contributed by atoms with van der Waals surface area (Å²) in [6, 6.07) is -0.0255. The minimum atomic E-state index is -3.09. The summed E-state index contributed by atoms with van der Waals surface area (Å²) < 4.78 is 29.2. The van der Waals surface area contributed by atoms with Gasteiger partial charge in [-0.05, 0) is 31.6 Å². The first kappa shape index (κ1) is 14.7. The van der Waals surface area contributed by atoms with Crippen LogP contribution < -0.4 is 5.32 Å². The molecule has 1 heterocycles. The van der Waals surface area contributed by atoms with Gasteiger partial charge in [0.15, 0.2) is 0 Å². The fraction of sp³-hybridized carbons (Fsp3) is 0.917. The second kappa shape index (κ2) is 5.76. The van der Waals surface area contributed by atoms with E-state index in [9.17, 15) is 13.2 Å². The largest absolute Gasteiger partial charge is 0.468 e. The summed E-state index contributed by atoms with van der Waals surface area (Å²) >= 11 is 0. The number of ether oxygens (including phenoxy) is 1. The molecular formula is C12H22N2O4S. The number of hydrogen-bond acceptors (Lipinski definition) is 5. The van der Waals surface area contributed by atoms with Crippen molar-refractivity contribution in [2.75, 3.05) is 26.5 Å². The van der Waals surface area contributed by atoms with E-state index in [-0.39, 0.29) is 18.1 Å². The number of hydrogen-bond donors (Lipinski definition) is 1. The molecule has 1 unspecified atom stereocenters. The topological polar surface area (TPSA) is 75.7 Å². The van der Waals surface area contributed by atoms with Gasteiger partial charge >= 0.3 is 5.97 Å². The molecule has 110 valence electrons. The van der Waals surface area contributed by atoms with E-state index in [2.05, 4.69) is 5.32 Å². The molecule has 0 spiro atoms. The van der Waals surface area contributed by atoms with Crippen molar-refractivity contribution < 1.29 is 17.9 Å². The highest BCUT2D eigenvalue weighted by atomic mass is 32.2. The summed E-state index contributed by atoms with van der Waals surface area (Å²) in [5, 5.41) is 3.34. The van der Waals surface area contributed by atoms with E-state index in [0.717, 1.165) is 25.7 Å². The van der Waals surface area contributed by atoms with Gasteiger partial charge in [0.1, 0.15) is 6.04 Å². The molecule has 0 aromatic rings. The van der Waals surface area contributed by atoms with Gasteiger partial charge in [-0.1, -0.05) is 0 Å². The third kappa shape index (κ3) is 3.90. The van der Waals surface area contributed by atoms with Crippen LogP contribution in [-0.4, -0.2) is 57.2 Å². The first-order valence-electron chi connectivity index (χ1n) is 6.71. The average Bonchev–Trinajstić information content (AvgIpc) is 3.19. The van der Waals surface area contributed by atoms with Gasteiger partial charge in [-0.3, -0.25) is 4.79 Å². The number of carbonyl (C=O) groups is 1. The van der Waals surface area contributed by atoms with Crippen molar-refractivity contribution >= 4 is 16.0 Å². The number of carbonyl (C=O) groups excluding carboxylic acids is 1. The molecule has 0 radical (unpaired) electrons. The van der Waals surface area contributed by atoms with E-state index < -0.39 is 10.0 Å². The van der Waals surface area contributed by atoms with Crippen LogP contribution in [0.4, 0.5) is 0 Å². The number of nitrogens with one attached hydrogen (secondary N) is 1. The summed E-state index contributed by atoms with van der Waals surface area (Å²) in [6.45, 7) is 1.05. The molecule has 0 aromatic carbocycles. The zero-order chi connectivity index (χ0) is 14.0. The predicted molar refractivity (Wildman–Crippen MR) is 71.1 cm³/mol. The number of rotatable bonds is 5.